The monoisotopic (exact) mass is 323 g/mol. The third-order valence-electron chi connectivity index (χ3n) is 1.08. The Morgan fingerprint density at radius 3 is 2.82 bits per heavy atom. The van der Waals surface area contributed by atoms with Gasteiger partial charge in [-0.25, -0.2) is 4.79 Å². The lowest BCUT2D eigenvalue weighted by atomic mass is 10.3. The molecular weight excluding hydrogens is 321 g/mol. The van der Waals surface area contributed by atoms with Gasteiger partial charge >= 0.3 is 0 Å². The summed E-state index contributed by atoms with van der Waals surface area (Å²) in [5.41, 5.74) is 0.618. The highest BCUT2D eigenvalue weighted by atomic mass is 127. The number of hydrogen-bond donors (Lipinski definition) is 0. The highest BCUT2D eigenvalue weighted by Crippen LogP contribution is 2.23. The Morgan fingerprint density at radius 2 is 2.27 bits per heavy atom. The first kappa shape index (κ1) is 8.90. The van der Waals surface area contributed by atoms with Crippen LogP contribution in [0.15, 0.2) is 27.7 Å². The van der Waals surface area contributed by atoms with E-state index in [4.69, 9.17) is 0 Å². The minimum Gasteiger partial charge on any atom is -0.211 e. The van der Waals surface area contributed by atoms with Gasteiger partial charge in [-0.15, -0.1) is 0 Å². The highest BCUT2D eigenvalue weighted by Gasteiger charge is 1.95. The van der Waals surface area contributed by atoms with Gasteiger partial charge in [0.15, 0.2) is 0 Å². The maximum atomic E-state index is 9.86. The fourth-order valence-electron chi connectivity index (χ4n) is 0.607. The average molecular weight is 324 g/mol. The van der Waals surface area contributed by atoms with Crippen molar-refractivity contribution in [2.75, 3.05) is 0 Å². The quantitative estimate of drug-likeness (QED) is 0.444. The van der Waals surface area contributed by atoms with Crippen LogP contribution in [0, 0.1) is 3.57 Å². The zero-order valence-electron chi connectivity index (χ0n) is 5.34. The summed E-state index contributed by atoms with van der Waals surface area (Å²) >= 11 is 5.50. The summed E-state index contributed by atoms with van der Waals surface area (Å²) < 4.78 is 2.03. The lowest BCUT2D eigenvalue weighted by Gasteiger charge is -1.94. The fourth-order valence-corrected chi connectivity index (χ4v) is 1.31. The molecule has 11 heavy (non-hydrogen) atoms. The zero-order valence-corrected chi connectivity index (χ0v) is 9.09. The van der Waals surface area contributed by atoms with Crippen LogP contribution in [0.3, 0.4) is 0 Å². The second-order valence-electron chi connectivity index (χ2n) is 1.80. The lowest BCUT2D eigenvalue weighted by Crippen LogP contribution is -1.72. The number of nitrogens with zero attached hydrogens (tertiary/aromatic N) is 1. The predicted molar refractivity (Wildman–Crippen MR) is 54.6 cm³/mol. The summed E-state index contributed by atoms with van der Waals surface area (Å²) in [5.74, 6) is 0. The van der Waals surface area contributed by atoms with E-state index in [2.05, 4.69) is 43.5 Å². The van der Waals surface area contributed by atoms with E-state index in [0.29, 0.717) is 5.69 Å². The number of halogens is 2. The van der Waals surface area contributed by atoms with E-state index in [9.17, 15) is 4.79 Å². The van der Waals surface area contributed by atoms with Crippen molar-refractivity contribution in [3.8, 4) is 0 Å². The number of isocyanates is 1. The van der Waals surface area contributed by atoms with E-state index in [1.165, 1.54) is 6.08 Å². The van der Waals surface area contributed by atoms with Crippen molar-refractivity contribution < 1.29 is 4.79 Å². The summed E-state index contributed by atoms with van der Waals surface area (Å²) in [4.78, 5) is 13.3. The van der Waals surface area contributed by atoms with Gasteiger partial charge in [0.25, 0.3) is 0 Å². The van der Waals surface area contributed by atoms with Crippen LogP contribution in [0.1, 0.15) is 0 Å². The van der Waals surface area contributed by atoms with Crippen molar-refractivity contribution in [2.45, 2.75) is 0 Å². The van der Waals surface area contributed by atoms with Gasteiger partial charge in [-0.1, -0.05) is 0 Å². The van der Waals surface area contributed by atoms with Crippen molar-refractivity contribution >= 4 is 50.3 Å². The molecule has 0 saturated carbocycles. The first-order valence-electron chi connectivity index (χ1n) is 2.77. The average Bonchev–Trinajstić information content (AvgIpc) is 1.98. The Hall–Kier alpha value is -0.190. The molecule has 1 aromatic carbocycles. The fraction of sp³-hybridized carbons (Fsp3) is 0. The third kappa shape index (κ3) is 2.39. The minimum atomic E-state index is 0.618. The van der Waals surface area contributed by atoms with Crippen LogP contribution < -0.4 is 0 Å². The largest absolute Gasteiger partial charge is 0.240 e. The standard InChI is InChI=1S/C7H3BrINO/c8-6-3-5(10-4-11)1-2-7(6)9/h1-3H. The number of rotatable bonds is 1. The Kier molecular flexibility index (Phi) is 3.23. The smallest absolute Gasteiger partial charge is 0.211 e. The molecule has 1 aromatic rings. The molecule has 0 aliphatic heterocycles. The van der Waals surface area contributed by atoms with Crippen LogP contribution in [0.4, 0.5) is 5.69 Å². The predicted octanol–water partition coefficient (Wildman–Crippen LogP) is 3.02. The number of hydrogen-bond acceptors (Lipinski definition) is 2. The van der Waals surface area contributed by atoms with E-state index in [-0.39, 0.29) is 0 Å². The van der Waals surface area contributed by atoms with Crippen LogP contribution in [-0.2, 0) is 4.79 Å². The first-order valence-corrected chi connectivity index (χ1v) is 4.64. The lowest BCUT2D eigenvalue weighted by molar-refractivity contribution is 0.565. The molecule has 1 rings (SSSR count). The van der Waals surface area contributed by atoms with E-state index < -0.39 is 0 Å². The molecule has 56 valence electrons. The van der Waals surface area contributed by atoms with Crippen molar-refractivity contribution in [1.29, 1.82) is 0 Å². The molecule has 0 saturated heterocycles. The molecule has 0 aromatic heterocycles. The van der Waals surface area contributed by atoms with Crippen molar-refractivity contribution in [2.24, 2.45) is 4.99 Å². The molecule has 0 aliphatic carbocycles. The Balaban J connectivity index is 3.14. The molecule has 2 nitrogen and oxygen atoms in total. The number of aliphatic imine (C=N–C) groups is 1. The molecule has 0 heterocycles. The van der Waals surface area contributed by atoms with Gasteiger partial charge in [-0.05, 0) is 56.7 Å². The molecule has 0 spiro atoms. The minimum absolute atomic E-state index is 0.618. The van der Waals surface area contributed by atoms with Crippen LogP contribution >= 0.6 is 38.5 Å². The van der Waals surface area contributed by atoms with Gasteiger partial charge in [-0.3, -0.25) is 0 Å². The summed E-state index contributed by atoms with van der Waals surface area (Å²) in [6, 6.07) is 5.41. The molecular formula is C7H3BrINO. The van der Waals surface area contributed by atoms with E-state index in [0.717, 1.165) is 8.04 Å². The van der Waals surface area contributed by atoms with Gasteiger partial charge in [0.05, 0.1) is 5.69 Å². The third-order valence-corrected chi connectivity index (χ3v) is 3.42. The van der Waals surface area contributed by atoms with Crippen LogP contribution in [0.25, 0.3) is 0 Å². The van der Waals surface area contributed by atoms with E-state index in [1.807, 2.05) is 6.07 Å². The van der Waals surface area contributed by atoms with Crippen LogP contribution in [-0.4, -0.2) is 6.08 Å². The van der Waals surface area contributed by atoms with Gasteiger partial charge < -0.3 is 0 Å². The van der Waals surface area contributed by atoms with Gasteiger partial charge in [-0.2, -0.15) is 4.99 Å². The maximum absolute atomic E-state index is 9.86. The topological polar surface area (TPSA) is 29.4 Å². The molecule has 0 radical (unpaired) electrons. The van der Waals surface area contributed by atoms with Crippen molar-refractivity contribution in [1.82, 2.24) is 0 Å². The van der Waals surface area contributed by atoms with E-state index in [1.54, 1.807) is 12.1 Å². The van der Waals surface area contributed by atoms with E-state index >= 15 is 0 Å². The van der Waals surface area contributed by atoms with Crippen LogP contribution in [0.2, 0.25) is 0 Å². The molecule has 0 atom stereocenters. The molecule has 0 amide bonds. The second kappa shape index (κ2) is 3.99. The summed E-state index contributed by atoms with van der Waals surface area (Å²) in [6.07, 6.45) is 1.48. The Morgan fingerprint density at radius 1 is 1.55 bits per heavy atom. The molecule has 0 bridgehead atoms. The molecule has 4 heteroatoms. The van der Waals surface area contributed by atoms with Gasteiger partial charge in [0.1, 0.15) is 0 Å². The molecule has 0 unspecified atom stereocenters. The Labute approximate surface area is 86.0 Å². The normalized spacial score (nSPS) is 8.91. The molecule has 0 aliphatic rings. The Bertz CT molecular complexity index is 320. The SMILES string of the molecule is O=C=Nc1ccc(I)c(Br)c1. The first-order chi connectivity index (χ1) is 5.24. The molecule has 0 N–H and O–H groups in total. The number of benzene rings is 1. The summed E-state index contributed by atoms with van der Waals surface area (Å²) in [7, 11) is 0. The summed E-state index contributed by atoms with van der Waals surface area (Å²) in [6.45, 7) is 0. The molecule has 0 fully saturated rings. The maximum Gasteiger partial charge on any atom is 0.240 e. The van der Waals surface area contributed by atoms with Crippen molar-refractivity contribution in [3.63, 3.8) is 0 Å². The van der Waals surface area contributed by atoms with Gasteiger partial charge in [0.2, 0.25) is 6.08 Å². The second-order valence-corrected chi connectivity index (χ2v) is 3.82. The van der Waals surface area contributed by atoms with Gasteiger partial charge in [0, 0.05) is 8.04 Å². The highest BCUT2D eigenvalue weighted by molar-refractivity contribution is 14.1. The van der Waals surface area contributed by atoms with Crippen LogP contribution in [0.5, 0.6) is 0 Å². The zero-order chi connectivity index (χ0) is 8.27. The number of carbonyl (C=O) groups excluding carboxylic acids is 1. The summed E-state index contributed by atoms with van der Waals surface area (Å²) in [5, 5.41) is 0. The van der Waals surface area contributed by atoms with Crippen molar-refractivity contribution in [3.05, 3.63) is 26.2 Å².